The van der Waals surface area contributed by atoms with Crippen molar-refractivity contribution in [1.82, 2.24) is 0 Å². The van der Waals surface area contributed by atoms with Crippen LogP contribution in [0.4, 0.5) is 0 Å². The van der Waals surface area contributed by atoms with Gasteiger partial charge in [-0.15, -0.1) is 0 Å². The second kappa shape index (κ2) is 5.91. The Morgan fingerprint density at radius 3 is 2.65 bits per heavy atom. The zero-order valence-electron chi connectivity index (χ0n) is 14.2. The lowest BCUT2D eigenvalue weighted by atomic mass is 9.86. The Hall–Kier alpha value is -1.39. The van der Waals surface area contributed by atoms with Crippen LogP contribution in [-0.4, -0.2) is 30.4 Å². The zero-order chi connectivity index (χ0) is 16.8. The summed E-state index contributed by atoms with van der Waals surface area (Å²) in [6.07, 6.45) is 3.17. The minimum Gasteiger partial charge on any atom is -0.465 e. The van der Waals surface area contributed by atoms with Gasteiger partial charge in [0.2, 0.25) is 0 Å². The molecular formula is C18H26O5. The van der Waals surface area contributed by atoms with E-state index in [0.29, 0.717) is 30.5 Å². The van der Waals surface area contributed by atoms with Crippen molar-refractivity contribution in [1.29, 1.82) is 0 Å². The third-order valence-electron chi connectivity index (χ3n) is 6.18. The molecule has 3 fully saturated rings. The average molecular weight is 322 g/mol. The van der Waals surface area contributed by atoms with Gasteiger partial charge in [0.05, 0.1) is 11.8 Å². The summed E-state index contributed by atoms with van der Waals surface area (Å²) in [7, 11) is 0. The van der Waals surface area contributed by atoms with E-state index in [2.05, 4.69) is 0 Å². The first-order valence-corrected chi connectivity index (χ1v) is 8.73. The van der Waals surface area contributed by atoms with Crippen molar-refractivity contribution in [2.24, 2.45) is 29.1 Å². The number of fused-ring (bicyclic) bond motifs is 1. The Morgan fingerprint density at radius 1 is 1.22 bits per heavy atom. The predicted octanol–water partition coefficient (Wildman–Crippen LogP) is 2.51. The molecule has 3 aliphatic rings. The molecule has 0 spiro atoms. The number of hydrogen-bond donors (Lipinski definition) is 0. The van der Waals surface area contributed by atoms with Crippen LogP contribution in [0.3, 0.4) is 0 Å². The fourth-order valence-electron chi connectivity index (χ4n) is 4.43. The Balaban J connectivity index is 1.44. The van der Waals surface area contributed by atoms with Crippen molar-refractivity contribution in [3.05, 3.63) is 0 Å². The minimum atomic E-state index is -0.520. The first-order chi connectivity index (χ1) is 10.8. The molecule has 0 aliphatic heterocycles. The molecule has 5 heteroatoms. The van der Waals surface area contributed by atoms with Gasteiger partial charge in [-0.05, 0) is 44.9 Å². The van der Waals surface area contributed by atoms with Crippen LogP contribution in [0.2, 0.25) is 0 Å². The first-order valence-electron chi connectivity index (χ1n) is 8.73. The summed E-state index contributed by atoms with van der Waals surface area (Å²) in [6.45, 7) is 5.65. The molecule has 0 aromatic carbocycles. The molecule has 0 amide bonds. The lowest BCUT2D eigenvalue weighted by Crippen LogP contribution is -2.32. The van der Waals surface area contributed by atoms with Crippen molar-refractivity contribution >= 4 is 17.7 Å². The van der Waals surface area contributed by atoms with E-state index in [4.69, 9.17) is 9.47 Å². The van der Waals surface area contributed by atoms with Crippen LogP contribution in [0.15, 0.2) is 0 Å². The highest BCUT2D eigenvalue weighted by Crippen LogP contribution is 2.59. The van der Waals surface area contributed by atoms with Crippen LogP contribution in [0.5, 0.6) is 0 Å². The lowest BCUT2D eigenvalue weighted by Gasteiger charge is -2.27. The Kier molecular flexibility index (Phi) is 4.23. The van der Waals surface area contributed by atoms with Crippen LogP contribution >= 0.6 is 0 Å². The van der Waals surface area contributed by atoms with Crippen LogP contribution in [0.25, 0.3) is 0 Å². The number of rotatable bonds is 6. The molecule has 0 radical (unpaired) electrons. The highest BCUT2D eigenvalue weighted by atomic mass is 16.6. The molecule has 3 saturated carbocycles. The van der Waals surface area contributed by atoms with Crippen LogP contribution in [-0.2, 0) is 23.9 Å². The summed E-state index contributed by atoms with van der Waals surface area (Å²) in [5.41, 5.74) is -0.520. The molecule has 2 bridgehead atoms. The molecule has 0 N–H and O–H groups in total. The number of ether oxygens (including phenoxy) is 2. The van der Waals surface area contributed by atoms with Crippen molar-refractivity contribution in [3.8, 4) is 0 Å². The van der Waals surface area contributed by atoms with E-state index in [1.807, 2.05) is 20.8 Å². The summed E-state index contributed by atoms with van der Waals surface area (Å²) in [6, 6.07) is 0. The largest absolute Gasteiger partial charge is 0.465 e. The predicted molar refractivity (Wildman–Crippen MR) is 82.3 cm³/mol. The summed E-state index contributed by atoms with van der Waals surface area (Å²) >= 11 is 0. The molecule has 3 rings (SSSR count). The van der Waals surface area contributed by atoms with E-state index in [1.165, 1.54) is 0 Å². The van der Waals surface area contributed by atoms with E-state index in [9.17, 15) is 14.4 Å². The van der Waals surface area contributed by atoms with Crippen molar-refractivity contribution in [2.75, 3.05) is 6.61 Å². The Labute approximate surface area is 137 Å². The third kappa shape index (κ3) is 2.90. The number of Topliss-reactive ketones (excluding diaryl/α,β-unsaturated/α-hetero) is 1. The average Bonchev–Trinajstić information content (AvgIpc) is 3.12. The summed E-state index contributed by atoms with van der Waals surface area (Å²) in [5, 5.41) is 0. The maximum atomic E-state index is 12.0. The first kappa shape index (κ1) is 16.5. The molecular weight excluding hydrogens is 296 g/mol. The highest BCUT2D eigenvalue weighted by Gasteiger charge is 2.60. The van der Waals surface area contributed by atoms with Gasteiger partial charge in [0.15, 0.2) is 0 Å². The second-order valence-electron chi connectivity index (χ2n) is 7.91. The lowest BCUT2D eigenvalue weighted by molar-refractivity contribution is -0.160. The maximum absolute atomic E-state index is 12.0. The number of esters is 2. The topological polar surface area (TPSA) is 69.7 Å². The number of ketones is 1. The van der Waals surface area contributed by atoms with Gasteiger partial charge in [-0.1, -0.05) is 6.92 Å². The van der Waals surface area contributed by atoms with E-state index < -0.39 is 5.41 Å². The quantitative estimate of drug-likeness (QED) is 0.703. The molecule has 5 unspecified atom stereocenters. The molecule has 5 atom stereocenters. The Bertz CT molecular complexity index is 524. The summed E-state index contributed by atoms with van der Waals surface area (Å²) in [5.74, 6) is 1.02. The van der Waals surface area contributed by atoms with Crippen molar-refractivity contribution < 1.29 is 23.9 Å². The van der Waals surface area contributed by atoms with Gasteiger partial charge < -0.3 is 9.47 Å². The molecule has 0 aromatic heterocycles. The van der Waals surface area contributed by atoms with E-state index in [1.54, 1.807) is 0 Å². The van der Waals surface area contributed by atoms with Crippen LogP contribution in [0, 0.1) is 29.1 Å². The van der Waals surface area contributed by atoms with E-state index >= 15 is 0 Å². The second-order valence-corrected chi connectivity index (χ2v) is 7.91. The van der Waals surface area contributed by atoms with Gasteiger partial charge in [-0.3, -0.25) is 14.4 Å². The molecule has 5 nitrogen and oxygen atoms in total. The van der Waals surface area contributed by atoms with Crippen LogP contribution in [0.1, 0.15) is 52.9 Å². The Morgan fingerprint density at radius 2 is 1.96 bits per heavy atom. The molecule has 3 aliphatic carbocycles. The standard InChI is InChI=1S/C18H26O5/c1-4-18(2,3)17(21)22-6-5-15(20)23-16-10-7-11-12(8-10)14(19)9-13(11)16/h10-13,16H,4-9H2,1-3H3. The zero-order valence-corrected chi connectivity index (χ0v) is 14.2. The smallest absolute Gasteiger partial charge is 0.311 e. The van der Waals surface area contributed by atoms with E-state index in [0.717, 1.165) is 12.8 Å². The molecule has 0 heterocycles. The van der Waals surface area contributed by atoms with Crippen LogP contribution < -0.4 is 0 Å². The highest BCUT2D eigenvalue weighted by molar-refractivity contribution is 5.85. The van der Waals surface area contributed by atoms with Gasteiger partial charge in [0, 0.05) is 18.3 Å². The maximum Gasteiger partial charge on any atom is 0.311 e. The molecule has 0 aromatic rings. The number of hydrogen-bond acceptors (Lipinski definition) is 5. The minimum absolute atomic E-state index is 0.0636. The summed E-state index contributed by atoms with van der Waals surface area (Å²) < 4.78 is 10.8. The number of carbonyl (C=O) groups excluding carboxylic acids is 3. The molecule has 128 valence electrons. The van der Waals surface area contributed by atoms with Gasteiger partial charge in [0.25, 0.3) is 0 Å². The summed E-state index contributed by atoms with van der Waals surface area (Å²) in [4.78, 5) is 35.8. The molecule has 0 saturated heterocycles. The normalized spacial score (nSPS) is 34.7. The monoisotopic (exact) mass is 322 g/mol. The van der Waals surface area contributed by atoms with Gasteiger partial charge in [0.1, 0.15) is 18.5 Å². The SMILES string of the molecule is CCC(C)(C)C(=O)OCCC(=O)OC1C2CC3C(=O)CC1C3C2. The van der Waals surface area contributed by atoms with Gasteiger partial charge in [-0.25, -0.2) is 0 Å². The van der Waals surface area contributed by atoms with Crippen molar-refractivity contribution in [2.45, 2.75) is 59.0 Å². The fraction of sp³-hybridized carbons (Fsp3) is 0.833. The third-order valence-corrected chi connectivity index (χ3v) is 6.18. The number of carbonyl (C=O) groups is 3. The van der Waals surface area contributed by atoms with Gasteiger partial charge in [-0.2, -0.15) is 0 Å². The van der Waals surface area contributed by atoms with Gasteiger partial charge >= 0.3 is 11.9 Å². The van der Waals surface area contributed by atoms with E-state index in [-0.39, 0.29) is 42.9 Å². The van der Waals surface area contributed by atoms with Crippen molar-refractivity contribution in [3.63, 3.8) is 0 Å². The fourth-order valence-corrected chi connectivity index (χ4v) is 4.43. The molecule has 23 heavy (non-hydrogen) atoms.